The Hall–Kier alpha value is -2.81. The van der Waals surface area contributed by atoms with Gasteiger partial charge in [0, 0.05) is 5.02 Å². The second kappa shape index (κ2) is 7.67. The van der Waals surface area contributed by atoms with Crippen molar-refractivity contribution in [3.63, 3.8) is 0 Å². The van der Waals surface area contributed by atoms with Crippen LogP contribution in [0.1, 0.15) is 25.7 Å². The molecule has 0 radical (unpaired) electrons. The van der Waals surface area contributed by atoms with Crippen LogP contribution in [0.15, 0.2) is 24.5 Å². The highest BCUT2D eigenvalue weighted by molar-refractivity contribution is 6.31. The van der Waals surface area contributed by atoms with E-state index in [1.54, 1.807) is 18.2 Å². The van der Waals surface area contributed by atoms with Crippen LogP contribution in [0.2, 0.25) is 5.02 Å². The molecule has 0 N–H and O–H groups in total. The molecule has 2 fully saturated rings. The number of hydrogen-bond donors (Lipinski definition) is 0. The highest BCUT2D eigenvalue weighted by Crippen LogP contribution is 2.33. The molecular formula is C18H19ClN6O3. The third-order valence-electron chi connectivity index (χ3n) is 5.40. The molecule has 1 aliphatic heterocycles. The monoisotopic (exact) mass is 402 g/mol. The number of carbonyl (C=O) groups is 3. The lowest BCUT2D eigenvalue weighted by molar-refractivity contribution is -0.143. The number of benzene rings is 1. The fraction of sp³-hybridized carbons (Fsp3) is 0.444. The maximum absolute atomic E-state index is 12.9. The number of aldehydes is 1. The molecule has 1 unspecified atom stereocenters. The minimum absolute atomic E-state index is 0.142. The van der Waals surface area contributed by atoms with Crippen molar-refractivity contribution >= 4 is 35.4 Å². The minimum Gasteiger partial charge on any atom is -0.322 e. The van der Waals surface area contributed by atoms with Gasteiger partial charge in [-0.2, -0.15) is 4.68 Å². The molecule has 2 amide bonds. The highest BCUT2D eigenvalue weighted by atomic mass is 35.5. The van der Waals surface area contributed by atoms with Crippen molar-refractivity contribution < 1.29 is 14.4 Å². The first-order chi connectivity index (χ1) is 13.6. The largest absolute Gasteiger partial charge is 0.322 e. The van der Waals surface area contributed by atoms with Crippen LogP contribution in [0.3, 0.4) is 0 Å². The van der Waals surface area contributed by atoms with Gasteiger partial charge in [-0.1, -0.05) is 30.9 Å². The molecule has 1 atom stereocenters. The smallest absolute Gasteiger partial charge is 0.247 e. The third-order valence-corrected chi connectivity index (χ3v) is 5.64. The van der Waals surface area contributed by atoms with Gasteiger partial charge in [-0.25, -0.2) is 0 Å². The maximum Gasteiger partial charge on any atom is 0.247 e. The van der Waals surface area contributed by atoms with Crippen LogP contribution in [-0.2, 0) is 14.4 Å². The highest BCUT2D eigenvalue weighted by Gasteiger charge is 2.37. The number of nitrogens with zero attached hydrogens (tertiary/aromatic N) is 6. The Morgan fingerprint density at radius 2 is 2.00 bits per heavy atom. The SMILES string of the molecule is O=CC(CC1CCC1)N1CC(=O)N(c2cc(Cl)ccc2-n2cnnn2)CC1=O. The Morgan fingerprint density at radius 1 is 1.18 bits per heavy atom. The molecule has 1 aliphatic carbocycles. The molecule has 2 heterocycles. The van der Waals surface area contributed by atoms with E-state index in [0.717, 1.165) is 25.5 Å². The number of hydrogen-bond acceptors (Lipinski definition) is 6. The molecular weight excluding hydrogens is 384 g/mol. The van der Waals surface area contributed by atoms with Gasteiger partial charge < -0.3 is 9.69 Å². The molecule has 1 saturated carbocycles. The van der Waals surface area contributed by atoms with Crippen molar-refractivity contribution in [2.45, 2.75) is 31.7 Å². The summed E-state index contributed by atoms with van der Waals surface area (Å²) < 4.78 is 1.40. The molecule has 9 nitrogen and oxygen atoms in total. The van der Waals surface area contributed by atoms with Crippen molar-refractivity contribution in [3.05, 3.63) is 29.5 Å². The number of aromatic nitrogens is 4. The molecule has 146 valence electrons. The van der Waals surface area contributed by atoms with Crippen LogP contribution in [0, 0.1) is 5.92 Å². The quantitative estimate of drug-likeness (QED) is 0.674. The first-order valence-electron chi connectivity index (χ1n) is 9.15. The zero-order valence-corrected chi connectivity index (χ0v) is 15.8. The Balaban J connectivity index is 1.58. The summed E-state index contributed by atoms with van der Waals surface area (Å²) in [7, 11) is 0. The van der Waals surface area contributed by atoms with Crippen LogP contribution in [0.4, 0.5) is 5.69 Å². The number of rotatable bonds is 6. The molecule has 2 aliphatic rings. The average molecular weight is 403 g/mol. The lowest BCUT2D eigenvalue weighted by Gasteiger charge is -2.39. The second-order valence-corrected chi connectivity index (χ2v) is 7.56. The Kier molecular flexibility index (Phi) is 5.08. The predicted octanol–water partition coefficient (Wildman–Crippen LogP) is 1.25. The van der Waals surface area contributed by atoms with Gasteiger partial charge in [0.1, 0.15) is 25.7 Å². The summed E-state index contributed by atoms with van der Waals surface area (Å²) in [6, 6.07) is 4.39. The van der Waals surface area contributed by atoms with Crippen molar-refractivity contribution in [1.29, 1.82) is 0 Å². The van der Waals surface area contributed by atoms with E-state index in [9.17, 15) is 14.4 Å². The summed E-state index contributed by atoms with van der Waals surface area (Å²) in [5, 5.41) is 11.5. The minimum atomic E-state index is -0.553. The Labute approximate surface area is 166 Å². The standard InChI is InChI=1S/C18H19ClN6O3/c19-13-4-5-15(25-11-20-21-22-25)16(7-13)24-9-17(27)23(8-18(24)28)14(10-26)6-12-2-1-3-12/h4-5,7,10-12,14H,1-3,6,8-9H2. The van der Waals surface area contributed by atoms with Gasteiger partial charge in [0.2, 0.25) is 11.8 Å². The zero-order chi connectivity index (χ0) is 19.7. The Bertz CT molecular complexity index is 899. The number of halogens is 1. The number of amides is 2. The van der Waals surface area contributed by atoms with E-state index in [2.05, 4.69) is 15.5 Å². The fourth-order valence-corrected chi connectivity index (χ4v) is 3.83. The van der Waals surface area contributed by atoms with Gasteiger partial charge in [-0.3, -0.25) is 14.5 Å². The van der Waals surface area contributed by atoms with E-state index < -0.39 is 6.04 Å². The van der Waals surface area contributed by atoms with E-state index in [1.165, 1.54) is 20.8 Å². The average Bonchev–Trinajstić information content (AvgIpc) is 3.17. The molecule has 1 aromatic heterocycles. The zero-order valence-electron chi connectivity index (χ0n) is 15.1. The topological polar surface area (TPSA) is 101 Å². The van der Waals surface area contributed by atoms with Crippen LogP contribution < -0.4 is 4.90 Å². The van der Waals surface area contributed by atoms with Crippen LogP contribution in [-0.4, -0.2) is 62.3 Å². The van der Waals surface area contributed by atoms with Gasteiger partial charge >= 0.3 is 0 Å². The summed E-state index contributed by atoms with van der Waals surface area (Å²) >= 11 is 6.12. The third kappa shape index (κ3) is 3.49. The first-order valence-corrected chi connectivity index (χ1v) is 9.52. The van der Waals surface area contributed by atoms with Crippen molar-refractivity contribution in [2.24, 2.45) is 5.92 Å². The summed E-state index contributed by atoms with van der Waals surface area (Å²) in [4.78, 5) is 40.0. The van der Waals surface area contributed by atoms with Gasteiger partial charge in [0.05, 0.1) is 17.4 Å². The van der Waals surface area contributed by atoms with E-state index in [-0.39, 0.29) is 24.9 Å². The molecule has 2 aromatic rings. The Morgan fingerprint density at radius 3 is 2.64 bits per heavy atom. The van der Waals surface area contributed by atoms with Crippen molar-refractivity contribution in [1.82, 2.24) is 25.1 Å². The van der Waals surface area contributed by atoms with E-state index in [4.69, 9.17) is 11.6 Å². The van der Waals surface area contributed by atoms with E-state index >= 15 is 0 Å². The fourth-order valence-electron chi connectivity index (χ4n) is 3.66. The maximum atomic E-state index is 12.9. The number of anilines is 1. The van der Waals surface area contributed by atoms with Gasteiger partial charge in [-0.05, 0) is 41.0 Å². The molecule has 10 heteroatoms. The molecule has 0 spiro atoms. The lowest BCUT2D eigenvalue weighted by atomic mass is 9.80. The van der Waals surface area contributed by atoms with Crippen LogP contribution >= 0.6 is 11.6 Å². The second-order valence-electron chi connectivity index (χ2n) is 7.13. The van der Waals surface area contributed by atoms with Gasteiger partial charge in [0.15, 0.2) is 0 Å². The molecule has 1 saturated heterocycles. The summed E-state index contributed by atoms with van der Waals surface area (Å²) in [5.41, 5.74) is 0.977. The molecule has 4 rings (SSSR count). The predicted molar refractivity (Wildman–Crippen MR) is 100 cm³/mol. The summed E-state index contributed by atoms with van der Waals surface area (Å²) in [5.74, 6) is -0.0919. The van der Waals surface area contributed by atoms with Gasteiger partial charge in [-0.15, -0.1) is 5.10 Å². The van der Waals surface area contributed by atoms with Crippen molar-refractivity contribution in [3.8, 4) is 5.69 Å². The first kappa shape index (κ1) is 18.5. The molecule has 1 aromatic carbocycles. The number of tetrazole rings is 1. The van der Waals surface area contributed by atoms with Crippen LogP contribution in [0.5, 0.6) is 0 Å². The number of piperazine rings is 1. The summed E-state index contributed by atoms with van der Waals surface area (Å²) in [6.07, 6.45) is 6.11. The summed E-state index contributed by atoms with van der Waals surface area (Å²) in [6.45, 7) is -0.306. The lowest BCUT2D eigenvalue weighted by Crippen LogP contribution is -2.58. The van der Waals surface area contributed by atoms with Crippen molar-refractivity contribution in [2.75, 3.05) is 18.0 Å². The molecule has 0 bridgehead atoms. The van der Waals surface area contributed by atoms with Crippen LogP contribution in [0.25, 0.3) is 5.69 Å². The van der Waals surface area contributed by atoms with Gasteiger partial charge in [0.25, 0.3) is 0 Å². The normalized spacial score (nSPS) is 18.9. The van der Waals surface area contributed by atoms with E-state index in [0.29, 0.717) is 28.7 Å². The number of carbonyl (C=O) groups excluding carboxylic acids is 3. The molecule has 28 heavy (non-hydrogen) atoms. The van der Waals surface area contributed by atoms with E-state index in [1.807, 2.05) is 0 Å².